The van der Waals surface area contributed by atoms with E-state index in [2.05, 4.69) is 32.4 Å². The number of rotatable bonds is 1. The van der Waals surface area contributed by atoms with Crippen LogP contribution in [0.5, 0.6) is 0 Å². The topological polar surface area (TPSA) is 43.8 Å². The van der Waals surface area contributed by atoms with E-state index in [1.807, 2.05) is 0 Å². The average Bonchev–Trinajstić information content (AvgIpc) is 2.83. The Morgan fingerprint density at radius 2 is 2.22 bits per heavy atom. The fraction of sp³-hybridized carbons (Fsp3) is 0.462. The molecule has 2 atom stereocenters. The molecule has 1 saturated carbocycles. The Kier molecular flexibility index (Phi) is 2.81. The number of nitrogens with two attached hydrogens (primary N) is 1. The number of aromatic nitrogens is 2. The molecule has 2 aromatic rings. The minimum absolute atomic E-state index is 0.299. The van der Waals surface area contributed by atoms with Gasteiger partial charge in [-0.1, -0.05) is 6.92 Å². The second-order valence-corrected chi connectivity index (χ2v) is 6.02. The molecule has 1 aliphatic rings. The second-order valence-electron chi connectivity index (χ2n) is 5.17. The van der Waals surface area contributed by atoms with Gasteiger partial charge in [-0.3, -0.25) is 0 Å². The van der Waals surface area contributed by atoms with Gasteiger partial charge in [0.1, 0.15) is 5.82 Å². The largest absolute Gasteiger partial charge is 0.369 e. The molecule has 0 bridgehead atoms. The fourth-order valence-electron chi connectivity index (χ4n) is 2.90. The molecule has 2 N–H and O–H groups in total. The number of halogens is 2. The summed E-state index contributed by atoms with van der Waals surface area (Å²) in [5.74, 6) is 0.907. The number of fused-ring (bicyclic) bond motifs is 1. The zero-order valence-corrected chi connectivity index (χ0v) is 11.7. The van der Waals surface area contributed by atoms with Crippen molar-refractivity contribution in [3.05, 3.63) is 22.4 Å². The zero-order chi connectivity index (χ0) is 12.9. The Bertz CT molecular complexity index is 608. The average molecular weight is 312 g/mol. The summed E-state index contributed by atoms with van der Waals surface area (Å²) in [6.07, 6.45) is 3.45. The molecule has 96 valence electrons. The van der Waals surface area contributed by atoms with Crippen LogP contribution in [0.15, 0.2) is 16.6 Å². The van der Waals surface area contributed by atoms with E-state index in [1.54, 1.807) is 6.07 Å². The van der Waals surface area contributed by atoms with Crippen LogP contribution in [0, 0.1) is 11.7 Å². The Morgan fingerprint density at radius 1 is 1.44 bits per heavy atom. The van der Waals surface area contributed by atoms with Crippen molar-refractivity contribution in [1.82, 2.24) is 9.55 Å². The van der Waals surface area contributed by atoms with Gasteiger partial charge in [0.2, 0.25) is 5.95 Å². The molecule has 0 amide bonds. The predicted octanol–water partition coefficient (Wildman–Crippen LogP) is 3.88. The molecule has 1 fully saturated rings. The van der Waals surface area contributed by atoms with Gasteiger partial charge in [0.25, 0.3) is 0 Å². The first kappa shape index (κ1) is 12.0. The number of anilines is 1. The van der Waals surface area contributed by atoms with Crippen LogP contribution in [-0.4, -0.2) is 9.55 Å². The van der Waals surface area contributed by atoms with Crippen molar-refractivity contribution in [2.75, 3.05) is 5.73 Å². The van der Waals surface area contributed by atoms with Crippen molar-refractivity contribution in [2.24, 2.45) is 5.92 Å². The molecular formula is C13H15BrFN3. The quantitative estimate of drug-likeness (QED) is 0.868. The molecule has 0 aliphatic heterocycles. The summed E-state index contributed by atoms with van der Waals surface area (Å²) in [6.45, 7) is 2.25. The molecule has 1 aliphatic carbocycles. The molecule has 1 heterocycles. The highest BCUT2D eigenvalue weighted by Gasteiger charge is 2.26. The van der Waals surface area contributed by atoms with E-state index in [1.165, 1.54) is 12.5 Å². The summed E-state index contributed by atoms with van der Waals surface area (Å²) in [5, 5.41) is 0. The maximum Gasteiger partial charge on any atom is 0.201 e. The van der Waals surface area contributed by atoms with Crippen LogP contribution in [0.3, 0.4) is 0 Å². The first-order valence-electron chi connectivity index (χ1n) is 6.18. The normalized spacial score (nSPS) is 23.9. The molecule has 1 aromatic carbocycles. The summed E-state index contributed by atoms with van der Waals surface area (Å²) in [4.78, 5) is 4.26. The third-order valence-electron chi connectivity index (χ3n) is 3.79. The van der Waals surface area contributed by atoms with E-state index in [9.17, 15) is 4.39 Å². The van der Waals surface area contributed by atoms with Crippen LogP contribution in [0.4, 0.5) is 10.3 Å². The minimum Gasteiger partial charge on any atom is -0.369 e. The van der Waals surface area contributed by atoms with E-state index in [-0.39, 0.29) is 5.82 Å². The first-order chi connectivity index (χ1) is 8.56. The summed E-state index contributed by atoms with van der Waals surface area (Å²) < 4.78 is 16.0. The van der Waals surface area contributed by atoms with Crippen molar-refractivity contribution in [3.63, 3.8) is 0 Å². The molecule has 0 spiro atoms. The van der Waals surface area contributed by atoms with Crippen LogP contribution in [0.25, 0.3) is 11.0 Å². The molecule has 0 radical (unpaired) electrons. The van der Waals surface area contributed by atoms with Crippen molar-refractivity contribution in [2.45, 2.75) is 32.2 Å². The van der Waals surface area contributed by atoms with Crippen LogP contribution < -0.4 is 5.73 Å². The van der Waals surface area contributed by atoms with Crippen LogP contribution in [0.2, 0.25) is 0 Å². The molecule has 1 aromatic heterocycles. The number of nitrogens with zero attached hydrogens (tertiary/aromatic N) is 2. The van der Waals surface area contributed by atoms with Gasteiger partial charge in [0.15, 0.2) is 0 Å². The molecule has 3 nitrogen and oxygen atoms in total. The van der Waals surface area contributed by atoms with E-state index in [4.69, 9.17) is 5.73 Å². The van der Waals surface area contributed by atoms with Gasteiger partial charge in [0, 0.05) is 12.1 Å². The van der Waals surface area contributed by atoms with E-state index in [0.29, 0.717) is 22.0 Å². The van der Waals surface area contributed by atoms with Gasteiger partial charge in [-0.05, 0) is 47.2 Å². The highest BCUT2D eigenvalue weighted by molar-refractivity contribution is 9.10. The number of hydrogen-bond acceptors (Lipinski definition) is 2. The molecule has 3 rings (SSSR count). The van der Waals surface area contributed by atoms with Gasteiger partial charge < -0.3 is 10.3 Å². The summed E-state index contributed by atoms with van der Waals surface area (Å²) in [6, 6.07) is 3.60. The molecule has 18 heavy (non-hydrogen) atoms. The summed E-state index contributed by atoms with van der Waals surface area (Å²) >= 11 is 3.22. The smallest absolute Gasteiger partial charge is 0.201 e. The minimum atomic E-state index is -0.299. The number of benzene rings is 1. The van der Waals surface area contributed by atoms with Crippen molar-refractivity contribution >= 4 is 32.9 Å². The third-order valence-corrected chi connectivity index (χ3v) is 4.40. The van der Waals surface area contributed by atoms with E-state index < -0.39 is 0 Å². The number of nitrogen functional groups attached to an aromatic ring is 1. The van der Waals surface area contributed by atoms with E-state index in [0.717, 1.165) is 24.3 Å². The van der Waals surface area contributed by atoms with Crippen molar-refractivity contribution in [3.8, 4) is 0 Å². The molecule has 5 heteroatoms. The highest BCUT2D eigenvalue weighted by atomic mass is 79.9. The Balaban J connectivity index is 2.16. The van der Waals surface area contributed by atoms with Crippen molar-refractivity contribution in [1.29, 1.82) is 0 Å². The number of imidazole rings is 1. The van der Waals surface area contributed by atoms with Crippen LogP contribution in [-0.2, 0) is 0 Å². The maximum absolute atomic E-state index is 13.5. The van der Waals surface area contributed by atoms with Gasteiger partial charge >= 0.3 is 0 Å². The lowest BCUT2D eigenvalue weighted by Gasteiger charge is -2.14. The summed E-state index contributed by atoms with van der Waals surface area (Å²) in [7, 11) is 0. The maximum atomic E-state index is 13.5. The van der Waals surface area contributed by atoms with Crippen LogP contribution in [0.1, 0.15) is 32.2 Å². The van der Waals surface area contributed by atoms with Gasteiger partial charge in [-0.25, -0.2) is 9.37 Å². The lowest BCUT2D eigenvalue weighted by molar-refractivity contribution is 0.510. The standard InChI is InChI=1S/C13H15BrFN3/c1-7-2-3-8(4-7)18-12-5-9(14)10(15)6-11(12)17-13(18)16/h5-8H,2-4H2,1H3,(H2,16,17). The third kappa shape index (κ3) is 1.81. The Hall–Kier alpha value is -1.10. The molecule has 2 unspecified atom stereocenters. The Labute approximate surface area is 113 Å². The van der Waals surface area contributed by atoms with Gasteiger partial charge in [-0.15, -0.1) is 0 Å². The Morgan fingerprint density at radius 3 is 2.89 bits per heavy atom. The van der Waals surface area contributed by atoms with E-state index >= 15 is 0 Å². The zero-order valence-electron chi connectivity index (χ0n) is 10.2. The SMILES string of the molecule is CC1CCC(n2c(N)nc3cc(F)c(Br)cc32)C1. The number of hydrogen-bond donors (Lipinski definition) is 1. The fourth-order valence-corrected chi connectivity index (χ4v) is 3.24. The lowest BCUT2D eigenvalue weighted by Crippen LogP contribution is -2.09. The first-order valence-corrected chi connectivity index (χ1v) is 6.98. The lowest BCUT2D eigenvalue weighted by atomic mass is 10.1. The van der Waals surface area contributed by atoms with Gasteiger partial charge in [-0.2, -0.15) is 0 Å². The predicted molar refractivity (Wildman–Crippen MR) is 73.9 cm³/mol. The highest BCUT2D eigenvalue weighted by Crippen LogP contribution is 2.38. The monoisotopic (exact) mass is 311 g/mol. The molecular weight excluding hydrogens is 297 g/mol. The molecule has 0 saturated heterocycles. The van der Waals surface area contributed by atoms with Crippen LogP contribution >= 0.6 is 15.9 Å². The second kappa shape index (κ2) is 4.23. The summed E-state index contributed by atoms with van der Waals surface area (Å²) in [5.41, 5.74) is 7.54. The van der Waals surface area contributed by atoms with Crippen molar-refractivity contribution < 1.29 is 4.39 Å². The van der Waals surface area contributed by atoms with Gasteiger partial charge in [0.05, 0.1) is 15.5 Å².